The van der Waals surface area contributed by atoms with Crippen LogP contribution in [0.4, 0.5) is 11.5 Å². The molecule has 16 heavy (non-hydrogen) atoms. The summed E-state index contributed by atoms with van der Waals surface area (Å²) in [5.41, 5.74) is 2.64. The van der Waals surface area contributed by atoms with Crippen molar-refractivity contribution in [2.24, 2.45) is 5.84 Å². The van der Waals surface area contributed by atoms with Gasteiger partial charge in [0.1, 0.15) is 5.70 Å². The molecule has 0 atom stereocenters. The number of hydrogen-bond donors (Lipinski definition) is 4. The highest BCUT2D eigenvalue weighted by atomic mass is 16.2. The number of hydrogen-bond acceptors (Lipinski definition) is 5. The first kappa shape index (κ1) is 10.1. The van der Waals surface area contributed by atoms with E-state index in [-0.39, 0.29) is 5.70 Å². The Hall–Kier alpha value is -2.41. The second-order valence-corrected chi connectivity index (χ2v) is 3.05. The summed E-state index contributed by atoms with van der Waals surface area (Å²) in [5.74, 6) is 4.34. The minimum absolute atomic E-state index is 0.114. The first-order valence-corrected chi connectivity index (χ1v) is 4.46. The highest BCUT2D eigenvalue weighted by molar-refractivity contribution is 6.13. The highest BCUT2D eigenvalue weighted by Gasteiger charge is 2.20. The molecule has 0 unspecified atom stereocenters. The number of carbonyl (C=O) groups excluding carboxylic acids is 2. The third kappa shape index (κ3) is 1.84. The van der Waals surface area contributed by atoms with Gasteiger partial charge in [0.25, 0.3) is 11.8 Å². The van der Waals surface area contributed by atoms with Crippen molar-refractivity contribution < 1.29 is 9.59 Å². The van der Waals surface area contributed by atoms with Gasteiger partial charge in [0, 0.05) is 12.3 Å². The van der Waals surface area contributed by atoms with E-state index < -0.39 is 11.8 Å². The van der Waals surface area contributed by atoms with Crippen LogP contribution in [0.15, 0.2) is 30.1 Å². The van der Waals surface area contributed by atoms with E-state index in [1.54, 1.807) is 18.3 Å². The number of aromatic nitrogens is 1. The Morgan fingerprint density at radius 2 is 2.31 bits per heavy atom. The van der Waals surface area contributed by atoms with Crippen LogP contribution in [0.2, 0.25) is 0 Å². The lowest BCUT2D eigenvalue weighted by Crippen LogP contribution is -2.32. The average Bonchev–Trinajstić information content (AvgIpc) is 2.30. The van der Waals surface area contributed by atoms with Crippen LogP contribution in [0.25, 0.3) is 0 Å². The Bertz CT molecular complexity index is 483. The predicted octanol–water partition coefficient (Wildman–Crippen LogP) is -0.681. The van der Waals surface area contributed by atoms with Crippen LogP contribution in [0.3, 0.4) is 0 Å². The average molecular weight is 219 g/mol. The zero-order valence-electron chi connectivity index (χ0n) is 8.15. The Balaban J connectivity index is 2.31. The van der Waals surface area contributed by atoms with Gasteiger partial charge in [-0.3, -0.25) is 15.0 Å². The van der Waals surface area contributed by atoms with Gasteiger partial charge in [-0.05, 0) is 12.1 Å². The molecule has 1 aromatic rings. The van der Waals surface area contributed by atoms with Crippen LogP contribution < -0.4 is 21.9 Å². The minimum Gasteiger partial charge on any atom is -0.348 e. The Labute approximate surface area is 90.7 Å². The van der Waals surface area contributed by atoms with Crippen molar-refractivity contribution in [3.63, 3.8) is 0 Å². The fourth-order valence-electron chi connectivity index (χ4n) is 1.26. The van der Waals surface area contributed by atoms with Crippen molar-refractivity contribution in [1.82, 2.24) is 10.4 Å². The largest absolute Gasteiger partial charge is 0.348 e. The van der Waals surface area contributed by atoms with E-state index >= 15 is 0 Å². The molecule has 1 aliphatic heterocycles. The van der Waals surface area contributed by atoms with Gasteiger partial charge < -0.3 is 10.6 Å². The summed E-state index contributed by atoms with van der Waals surface area (Å²) >= 11 is 0. The SMILES string of the molecule is NNC(=O)/C=C1/Nc2cccnc2NC1=O. The zero-order valence-corrected chi connectivity index (χ0v) is 8.15. The Morgan fingerprint density at radius 3 is 3.06 bits per heavy atom. The molecule has 0 radical (unpaired) electrons. The van der Waals surface area contributed by atoms with Gasteiger partial charge in [-0.25, -0.2) is 10.8 Å². The lowest BCUT2D eigenvalue weighted by atomic mass is 10.2. The van der Waals surface area contributed by atoms with Gasteiger partial charge in [-0.15, -0.1) is 0 Å². The Morgan fingerprint density at radius 1 is 1.50 bits per heavy atom. The summed E-state index contributed by atoms with van der Waals surface area (Å²) < 4.78 is 0. The number of hydrazine groups is 1. The van der Waals surface area contributed by atoms with E-state index in [1.807, 2.05) is 5.43 Å². The van der Waals surface area contributed by atoms with E-state index in [0.29, 0.717) is 11.5 Å². The molecule has 0 aliphatic carbocycles. The van der Waals surface area contributed by atoms with E-state index in [9.17, 15) is 9.59 Å². The molecule has 1 aromatic heterocycles. The van der Waals surface area contributed by atoms with E-state index in [1.165, 1.54) is 0 Å². The van der Waals surface area contributed by atoms with Crippen LogP contribution in [-0.4, -0.2) is 16.8 Å². The van der Waals surface area contributed by atoms with E-state index in [0.717, 1.165) is 6.08 Å². The number of pyridine rings is 1. The topological polar surface area (TPSA) is 109 Å². The standard InChI is InChI=1S/C9H9N5O2/c10-14-7(15)4-6-9(16)13-8-5(12-6)2-1-3-11-8/h1-4,12H,10H2,(H,14,15)(H,11,13,16)/b6-4+. The third-order valence-corrected chi connectivity index (χ3v) is 1.97. The molecule has 0 saturated carbocycles. The van der Waals surface area contributed by atoms with Gasteiger partial charge in [-0.1, -0.05) is 0 Å². The molecule has 0 bridgehead atoms. The van der Waals surface area contributed by atoms with Crippen molar-refractivity contribution in [2.45, 2.75) is 0 Å². The predicted molar refractivity (Wildman–Crippen MR) is 56.9 cm³/mol. The number of carbonyl (C=O) groups is 2. The summed E-state index contributed by atoms with van der Waals surface area (Å²) in [6.07, 6.45) is 2.63. The number of amides is 2. The Kier molecular flexibility index (Phi) is 2.52. The molecule has 82 valence electrons. The number of nitrogens with zero attached hydrogens (tertiary/aromatic N) is 1. The smallest absolute Gasteiger partial charge is 0.273 e. The summed E-state index contributed by atoms with van der Waals surface area (Å²) in [6.45, 7) is 0. The summed E-state index contributed by atoms with van der Waals surface area (Å²) in [6, 6.07) is 3.44. The maximum atomic E-state index is 11.5. The molecule has 0 aromatic carbocycles. The molecule has 0 spiro atoms. The summed E-state index contributed by atoms with van der Waals surface area (Å²) in [4.78, 5) is 26.5. The number of nitrogens with two attached hydrogens (primary N) is 1. The number of rotatable bonds is 1. The maximum Gasteiger partial charge on any atom is 0.273 e. The maximum absolute atomic E-state index is 11.5. The summed E-state index contributed by atoms with van der Waals surface area (Å²) in [5, 5.41) is 5.32. The summed E-state index contributed by atoms with van der Waals surface area (Å²) in [7, 11) is 0. The number of fused-ring (bicyclic) bond motifs is 1. The van der Waals surface area contributed by atoms with Gasteiger partial charge >= 0.3 is 0 Å². The van der Waals surface area contributed by atoms with Crippen LogP contribution >= 0.6 is 0 Å². The van der Waals surface area contributed by atoms with Crippen LogP contribution in [0.1, 0.15) is 0 Å². The second kappa shape index (κ2) is 3.99. The van der Waals surface area contributed by atoms with Crippen molar-refractivity contribution in [3.05, 3.63) is 30.1 Å². The van der Waals surface area contributed by atoms with Gasteiger partial charge in [0.05, 0.1) is 5.69 Å². The first-order chi connectivity index (χ1) is 7.70. The molecule has 0 fully saturated rings. The quantitative estimate of drug-likeness (QED) is 0.216. The molecule has 2 heterocycles. The molecule has 2 amide bonds. The number of nitrogens with one attached hydrogen (secondary N) is 3. The van der Waals surface area contributed by atoms with Crippen molar-refractivity contribution in [2.75, 3.05) is 10.6 Å². The second-order valence-electron chi connectivity index (χ2n) is 3.05. The van der Waals surface area contributed by atoms with Gasteiger partial charge in [0.2, 0.25) is 0 Å². The fraction of sp³-hybridized carbons (Fsp3) is 0. The zero-order chi connectivity index (χ0) is 11.5. The molecular formula is C9H9N5O2. The molecule has 0 saturated heterocycles. The monoisotopic (exact) mass is 219 g/mol. The molecule has 2 rings (SSSR count). The van der Waals surface area contributed by atoms with Crippen LogP contribution in [-0.2, 0) is 9.59 Å². The first-order valence-electron chi connectivity index (χ1n) is 4.46. The molecular weight excluding hydrogens is 210 g/mol. The molecule has 7 nitrogen and oxygen atoms in total. The molecule has 7 heteroatoms. The van der Waals surface area contributed by atoms with Crippen molar-refractivity contribution in [3.8, 4) is 0 Å². The number of anilines is 2. The fourth-order valence-corrected chi connectivity index (χ4v) is 1.26. The molecule has 1 aliphatic rings. The normalized spacial score (nSPS) is 16.1. The van der Waals surface area contributed by atoms with Gasteiger partial charge in [-0.2, -0.15) is 0 Å². The van der Waals surface area contributed by atoms with E-state index in [2.05, 4.69) is 15.6 Å². The van der Waals surface area contributed by atoms with Crippen molar-refractivity contribution in [1.29, 1.82) is 0 Å². The lowest BCUT2D eigenvalue weighted by molar-refractivity contribution is -0.117. The van der Waals surface area contributed by atoms with E-state index in [4.69, 9.17) is 5.84 Å². The van der Waals surface area contributed by atoms with Crippen molar-refractivity contribution >= 4 is 23.3 Å². The lowest BCUT2D eigenvalue weighted by Gasteiger charge is -2.19. The van der Waals surface area contributed by atoms with Crippen LogP contribution in [0.5, 0.6) is 0 Å². The third-order valence-electron chi connectivity index (χ3n) is 1.97. The van der Waals surface area contributed by atoms with Gasteiger partial charge in [0.15, 0.2) is 5.82 Å². The highest BCUT2D eigenvalue weighted by Crippen LogP contribution is 2.24. The van der Waals surface area contributed by atoms with Crippen LogP contribution in [0, 0.1) is 0 Å². The minimum atomic E-state index is -0.565. The molecule has 5 N–H and O–H groups in total.